The van der Waals surface area contributed by atoms with Crippen LogP contribution in [0, 0.1) is 10.1 Å². The Hall–Kier alpha value is -3.66. The number of carbonyl (C=O) groups excluding carboxylic acids is 1. The molecule has 1 aliphatic rings. The van der Waals surface area contributed by atoms with Crippen LogP contribution in [-0.4, -0.2) is 43.2 Å². The lowest BCUT2D eigenvalue weighted by Crippen LogP contribution is -2.70. The number of hydrogen-bond donors (Lipinski definition) is 0. The zero-order chi connectivity index (χ0) is 27.6. The van der Waals surface area contributed by atoms with E-state index in [9.17, 15) is 14.9 Å². The first-order chi connectivity index (χ1) is 18.7. The molecule has 1 aromatic heterocycles. The molecular formula is C30H31N3O4SSi. The summed E-state index contributed by atoms with van der Waals surface area (Å²) in [6.07, 6.45) is 0.209. The average Bonchev–Trinajstić information content (AvgIpc) is 3.39. The van der Waals surface area contributed by atoms with E-state index in [1.165, 1.54) is 33.8 Å². The second-order valence-corrected chi connectivity index (χ2v) is 15.9. The van der Waals surface area contributed by atoms with Gasteiger partial charge in [0.25, 0.3) is 14.0 Å². The Morgan fingerprint density at radius 1 is 1.00 bits per heavy atom. The number of carbonyl (C=O) groups is 1. The summed E-state index contributed by atoms with van der Waals surface area (Å²) in [5.41, 5.74) is 1.15. The molecule has 0 N–H and O–H groups in total. The fourth-order valence-corrected chi connectivity index (χ4v) is 10.7. The lowest BCUT2D eigenvalue weighted by atomic mass is 10.1. The number of aromatic nitrogens is 1. The van der Waals surface area contributed by atoms with Crippen LogP contribution < -0.4 is 15.3 Å². The van der Waals surface area contributed by atoms with Crippen molar-refractivity contribution >= 4 is 46.6 Å². The minimum Gasteiger partial charge on any atom is -0.401 e. The molecule has 0 unspecified atom stereocenters. The molecule has 0 bridgehead atoms. The first-order valence-electron chi connectivity index (χ1n) is 12.9. The quantitative estimate of drug-likeness (QED) is 0.121. The van der Waals surface area contributed by atoms with Gasteiger partial charge in [0.05, 0.1) is 11.0 Å². The molecule has 0 aliphatic carbocycles. The molecule has 3 aromatic carbocycles. The van der Waals surface area contributed by atoms with Crippen molar-refractivity contribution in [3.8, 4) is 0 Å². The summed E-state index contributed by atoms with van der Waals surface area (Å²) in [4.78, 5) is 30.0. The van der Waals surface area contributed by atoms with Crippen LogP contribution in [0.4, 0.5) is 10.8 Å². The van der Waals surface area contributed by atoms with Crippen LogP contribution in [0.2, 0.25) is 5.04 Å². The zero-order valence-electron chi connectivity index (χ0n) is 22.2. The Morgan fingerprint density at radius 3 is 2.08 bits per heavy atom. The number of rotatable bonds is 9. The molecule has 39 heavy (non-hydrogen) atoms. The number of hydrogen-bond acceptors (Lipinski definition) is 7. The van der Waals surface area contributed by atoms with Gasteiger partial charge in [-0.2, -0.15) is 0 Å². The second-order valence-electron chi connectivity index (χ2n) is 10.8. The molecule has 0 amide bonds. The van der Waals surface area contributed by atoms with Crippen molar-refractivity contribution in [2.24, 2.45) is 0 Å². The van der Waals surface area contributed by atoms with Gasteiger partial charge in [-0.25, -0.2) is 4.98 Å². The summed E-state index contributed by atoms with van der Waals surface area (Å²) in [6, 6.07) is 27.3. The predicted octanol–water partition coefficient (Wildman–Crippen LogP) is 5.24. The van der Waals surface area contributed by atoms with E-state index in [4.69, 9.17) is 4.43 Å². The summed E-state index contributed by atoms with van der Waals surface area (Å²) in [5, 5.41) is 15.9. The standard InChI is InChI=1S/C30H31N3O4SSi/c1-30(2,3)39(25-10-6-4-7-11-25,26-12-8-5-9-13-26)37-24-19-32(20-24)29-31-27(21-38-29)28(34)18-22-14-16-23(17-15-22)33(35)36/h4-17,21,24H,18-20H2,1-3H3. The van der Waals surface area contributed by atoms with Gasteiger partial charge in [-0.3, -0.25) is 14.9 Å². The number of non-ortho nitro benzene ring substituents is 1. The molecular weight excluding hydrogens is 527 g/mol. The van der Waals surface area contributed by atoms with Gasteiger partial charge in [0.1, 0.15) is 5.69 Å². The number of ketones is 1. The smallest absolute Gasteiger partial charge is 0.269 e. The normalized spacial score (nSPS) is 14.2. The SMILES string of the molecule is CC(C)(C)[Si](OC1CN(c2nc(C(=O)Cc3ccc([N+](=O)[O-])cc3)cs2)C1)(c1ccccc1)c1ccccc1. The maximum atomic E-state index is 12.8. The Bertz CT molecular complexity index is 1410. The number of anilines is 1. The molecule has 5 rings (SSSR count). The summed E-state index contributed by atoms with van der Waals surface area (Å²) in [5.74, 6) is -0.105. The molecule has 0 radical (unpaired) electrons. The van der Waals surface area contributed by atoms with Crippen LogP contribution in [0.1, 0.15) is 36.8 Å². The molecule has 7 nitrogen and oxygen atoms in total. The van der Waals surface area contributed by atoms with Crippen molar-refractivity contribution in [1.29, 1.82) is 0 Å². The summed E-state index contributed by atoms with van der Waals surface area (Å²) < 4.78 is 7.18. The molecule has 0 atom stereocenters. The van der Waals surface area contributed by atoms with Gasteiger partial charge in [-0.1, -0.05) is 93.6 Å². The molecule has 4 aromatic rings. The molecule has 2 heterocycles. The third-order valence-electron chi connectivity index (χ3n) is 7.17. The average molecular weight is 558 g/mol. The molecule has 1 saturated heterocycles. The van der Waals surface area contributed by atoms with Gasteiger partial charge >= 0.3 is 0 Å². The Labute approximate surface area is 233 Å². The van der Waals surface area contributed by atoms with E-state index in [2.05, 4.69) is 79.2 Å². The maximum Gasteiger partial charge on any atom is 0.269 e. The van der Waals surface area contributed by atoms with E-state index < -0.39 is 13.2 Å². The molecule has 9 heteroatoms. The molecule has 0 spiro atoms. The van der Waals surface area contributed by atoms with Gasteiger partial charge in [0.2, 0.25) is 0 Å². The fourth-order valence-electron chi connectivity index (χ4n) is 5.16. The van der Waals surface area contributed by atoms with E-state index in [-0.39, 0.29) is 29.0 Å². The van der Waals surface area contributed by atoms with Crippen molar-refractivity contribution in [2.75, 3.05) is 18.0 Å². The summed E-state index contributed by atoms with van der Waals surface area (Å²) >= 11 is 1.46. The molecule has 1 fully saturated rings. The van der Waals surface area contributed by atoms with Gasteiger partial charge in [-0.15, -0.1) is 11.3 Å². The van der Waals surface area contributed by atoms with Gasteiger partial charge < -0.3 is 9.33 Å². The van der Waals surface area contributed by atoms with E-state index in [0.29, 0.717) is 18.8 Å². The fraction of sp³-hybridized carbons (Fsp3) is 0.267. The predicted molar refractivity (Wildman–Crippen MR) is 158 cm³/mol. The largest absolute Gasteiger partial charge is 0.401 e. The third kappa shape index (κ3) is 5.43. The van der Waals surface area contributed by atoms with Crippen molar-refractivity contribution in [2.45, 2.75) is 38.3 Å². The van der Waals surface area contributed by atoms with Crippen molar-refractivity contribution in [1.82, 2.24) is 4.98 Å². The maximum absolute atomic E-state index is 12.8. The van der Waals surface area contributed by atoms with Crippen LogP contribution in [-0.2, 0) is 10.8 Å². The number of nitrogens with zero attached hydrogens (tertiary/aromatic N) is 3. The highest BCUT2D eigenvalue weighted by molar-refractivity contribution is 7.14. The van der Waals surface area contributed by atoms with Crippen LogP contribution in [0.15, 0.2) is 90.3 Å². The number of nitro groups is 1. The molecule has 0 saturated carbocycles. The van der Waals surface area contributed by atoms with Crippen molar-refractivity contribution in [3.63, 3.8) is 0 Å². The second kappa shape index (κ2) is 10.8. The highest BCUT2D eigenvalue weighted by Gasteiger charge is 2.52. The Balaban J connectivity index is 1.29. The topological polar surface area (TPSA) is 85.6 Å². The van der Waals surface area contributed by atoms with Gasteiger partial charge in [0.15, 0.2) is 10.9 Å². The zero-order valence-corrected chi connectivity index (χ0v) is 24.1. The van der Waals surface area contributed by atoms with Crippen LogP contribution >= 0.6 is 11.3 Å². The first kappa shape index (κ1) is 26.9. The van der Waals surface area contributed by atoms with Crippen LogP contribution in [0.25, 0.3) is 0 Å². The van der Waals surface area contributed by atoms with Crippen molar-refractivity contribution in [3.05, 3.63) is 112 Å². The van der Waals surface area contributed by atoms with Gasteiger partial charge in [0, 0.05) is 37.0 Å². The number of thiazole rings is 1. The Kier molecular flexibility index (Phi) is 7.48. The molecule has 200 valence electrons. The molecule has 1 aliphatic heterocycles. The highest BCUT2D eigenvalue weighted by Crippen LogP contribution is 2.39. The number of Topliss-reactive ketones (excluding diaryl/α,β-unsaturated/α-hetero) is 1. The van der Waals surface area contributed by atoms with Crippen LogP contribution in [0.3, 0.4) is 0 Å². The van der Waals surface area contributed by atoms with E-state index >= 15 is 0 Å². The monoisotopic (exact) mass is 557 g/mol. The lowest BCUT2D eigenvalue weighted by Gasteiger charge is -2.49. The van der Waals surface area contributed by atoms with E-state index in [1.54, 1.807) is 17.5 Å². The van der Waals surface area contributed by atoms with Crippen LogP contribution in [0.5, 0.6) is 0 Å². The summed E-state index contributed by atoms with van der Waals surface area (Å²) in [7, 11) is -2.62. The number of benzene rings is 3. The minimum absolute atomic E-state index is 0.00905. The van der Waals surface area contributed by atoms with E-state index in [0.717, 1.165) is 10.7 Å². The number of nitro benzene ring substituents is 1. The Morgan fingerprint density at radius 2 is 1.56 bits per heavy atom. The van der Waals surface area contributed by atoms with E-state index in [1.807, 2.05) is 12.1 Å². The van der Waals surface area contributed by atoms with Gasteiger partial charge in [-0.05, 0) is 21.0 Å². The first-order valence-corrected chi connectivity index (χ1v) is 15.7. The van der Waals surface area contributed by atoms with Crippen molar-refractivity contribution < 1.29 is 14.1 Å². The highest BCUT2D eigenvalue weighted by atomic mass is 32.1. The minimum atomic E-state index is -2.62. The third-order valence-corrected chi connectivity index (χ3v) is 13.2. The summed E-state index contributed by atoms with van der Waals surface area (Å²) in [6.45, 7) is 8.26. The lowest BCUT2D eigenvalue weighted by molar-refractivity contribution is -0.384.